The van der Waals surface area contributed by atoms with Gasteiger partial charge in [0.15, 0.2) is 0 Å². The lowest BCUT2D eigenvalue weighted by molar-refractivity contribution is -0.0223. The number of likely N-dealkylation sites (N-methyl/N-ethyl adjacent to an activating group) is 1. The Morgan fingerprint density at radius 1 is 1.45 bits per heavy atom. The van der Waals surface area contributed by atoms with E-state index in [0.29, 0.717) is 11.9 Å². The van der Waals surface area contributed by atoms with Crippen molar-refractivity contribution >= 4 is 5.82 Å². The van der Waals surface area contributed by atoms with E-state index in [1.807, 2.05) is 19.2 Å². The van der Waals surface area contributed by atoms with Crippen molar-refractivity contribution < 1.29 is 4.74 Å². The lowest BCUT2D eigenvalue weighted by atomic mass is 9.87. The zero-order chi connectivity index (χ0) is 14.6. The van der Waals surface area contributed by atoms with Gasteiger partial charge in [0.05, 0.1) is 13.2 Å². The maximum atomic E-state index is 5.77. The molecule has 0 saturated carbocycles. The van der Waals surface area contributed by atoms with Crippen molar-refractivity contribution in [3.8, 4) is 0 Å². The summed E-state index contributed by atoms with van der Waals surface area (Å²) in [5, 5.41) is 3.46. The van der Waals surface area contributed by atoms with Crippen LogP contribution in [0.4, 0.5) is 5.82 Å². The summed E-state index contributed by atoms with van der Waals surface area (Å²) in [6.45, 7) is 8.21. The number of nitrogens with two attached hydrogens (primary N) is 1. The van der Waals surface area contributed by atoms with Gasteiger partial charge < -0.3 is 15.8 Å². The molecule has 1 fully saturated rings. The third-order valence-electron chi connectivity index (χ3n) is 4.31. The minimum atomic E-state index is 0.0660. The molecule has 1 saturated heterocycles. The van der Waals surface area contributed by atoms with Crippen molar-refractivity contribution in [1.82, 2.24) is 15.2 Å². The van der Waals surface area contributed by atoms with Gasteiger partial charge in [-0.05, 0) is 45.0 Å². The van der Waals surface area contributed by atoms with Crippen LogP contribution in [0, 0.1) is 0 Å². The molecule has 1 atom stereocenters. The summed E-state index contributed by atoms with van der Waals surface area (Å²) >= 11 is 0. The molecule has 0 amide bonds. The zero-order valence-corrected chi connectivity index (χ0v) is 12.7. The van der Waals surface area contributed by atoms with E-state index in [1.165, 1.54) is 5.56 Å². The van der Waals surface area contributed by atoms with Crippen LogP contribution in [0.1, 0.15) is 19.4 Å². The average Bonchev–Trinajstić information content (AvgIpc) is 2.45. The van der Waals surface area contributed by atoms with Crippen LogP contribution in [0.25, 0.3) is 0 Å². The van der Waals surface area contributed by atoms with Crippen molar-refractivity contribution in [2.45, 2.75) is 31.8 Å². The molecular formula is C15H26N4O. The van der Waals surface area contributed by atoms with Gasteiger partial charge in [-0.3, -0.25) is 4.90 Å². The van der Waals surface area contributed by atoms with Gasteiger partial charge in [-0.15, -0.1) is 0 Å². The highest BCUT2D eigenvalue weighted by molar-refractivity contribution is 5.32. The molecule has 2 rings (SSSR count). The third kappa shape index (κ3) is 3.48. The number of morpholine rings is 1. The van der Waals surface area contributed by atoms with Crippen molar-refractivity contribution in [3.05, 3.63) is 23.9 Å². The molecule has 1 aromatic heterocycles. The number of ether oxygens (including phenoxy) is 1. The lowest BCUT2D eigenvalue weighted by Crippen LogP contribution is -2.60. The summed E-state index contributed by atoms with van der Waals surface area (Å²) in [6.07, 6.45) is 2.71. The second kappa shape index (κ2) is 6.52. The summed E-state index contributed by atoms with van der Waals surface area (Å²) in [5.74, 6) is 0.585. The Hall–Kier alpha value is -1.17. The Bertz CT molecular complexity index is 430. The van der Waals surface area contributed by atoms with Gasteiger partial charge in [-0.1, -0.05) is 0 Å². The number of hydrogen-bond acceptors (Lipinski definition) is 5. The van der Waals surface area contributed by atoms with Gasteiger partial charge in [0, 0.05) is 30.9 Å². The molecule has 0 aliphatic carbocycles. The first kappa shape index (κ1) is 15.2. The third-order valence-corrected chi connectivity index (χ3v) is 4.31. The predicted molar refractivity (Wildman–Crippen MR) is 81.7 cm³/mol. The Kier molecular flexibility index (Phi) is 4.96. The maximum Gasteiger partial charge on any atom is 0.123 e. The topological polar surface area (TPSA) is 63.4 Å². The smallest absolute Gasteiger partial charge is 0.123 e. The molecule has 3 N–H and O–H groups in total. The molecule has 1 aliphatic rings. The first-order chi connectivity index (χ1) is 9.54. The molecule has 1 unspecified atom stereocenters. The standard InChI is InChI=1S/C15H26N4O/c1-15(2,19-6-8-20-9-7-19)13(17-3)10-12-4-5-18-14(16)11-12/h4-5,11,13,17H,6-10H2,1-3H3,(H2,16,18). The summed E-state index contributed by atoms with van der Waals surface area (Å²) in [4.78, 5) is 6.56. The molecular weight excluding hydrogens is 252 g/mol. The molecule has 5 nitrogen and oxygen atoms in total. The van der Waals surface area contributed by atoms with E-state index in [2.05, 4.69) is 29.0 Å². The Morgan fingerprint density at radius 2 is 2.15 bits per heavy atom. The van der Waals surface area contributed by atoms with Crippen LogP contribution >= 0.6 is 0 Å². The highest BCUT2D eigenvalue weighted by Gasteiger charge is 2.35. The minimum Gasteiger partial charge on any atom is -0.384 e. The van der Waals surface area contributed by atoms with Crippen molar-refractivity contribution in [2.75, 3.05) is 39.1 Å². The second-order valence-electron chi connectivity index (χ2n) is 5.89. The van der Waals surface area contributed by atoms with Gasteiger partial charge in [0.1, 0.15) is 5.82 Å². The van der Waals surface area contributed by atoms with Crippen LogP contribution in [0.2, 0.25) is 0 Å². The predicted octanol–water partition coefficient (Wildman–Crippen LogP) is 0.905. The monoisotopic (exact) mass is 278 g/mol. The fourth-order valence-corrected chi connectivity index (χ4v) is 2.92. The number of nitrogen functional groups attached to an aromatic ring is 1. The Morgan fingerprint density at radius 3 is 2.75 bits per heavy atom. The highest BCUT2D eigenvalue weighted by atomic mass is 16.5. The van der Waals surface area contributed by atoms with Crippen LogP contribution in [0.3, 0.4) is 0 Å². The number of pyridine rings is 1. The van der Waals surface area contributed by atoms with E-state index in [9.17, 15) is 0 Å². The largest absolute Gasteiger partial charge is 0.384 e. The molecule has 0 spiro atoms. The van der Waals surface area contributed by atoms with Crippen molar-refractivity contribution in [2.24, 2.45) is 0 Å². The van der Waals surface area contributed by atoms with Gasteiger partial charge >= 0.3 is 0 Å². The van der Waals surface area contributed by atoms with E-state index >= 15 is 0 Å². The quantitative estimate of drug-likeness (QED) is 0.838. The van der Waals surface area contributed by atoms with Crippen LogP contribution in [-0.4, -0.2) is 54.8 Å². The maximum absolute atomic E-state index is 5.77. The zero-order valence-electron chi connectivity index (χ0n) is 12.7. The molecule has 1 aromatic rings. The average molecular weight is 278 g/mol. The lowest BCUT2D eigenvalue weighted by Gasteiger charge is -2.46. The van der Waals surface area contributed by atoms with Gasteiger partial charge in [-0.2, -0.15) is 0 Å². The first-order valence-corrected chi connectivity index (χ1v) is 7.24. The van der Waals surface area contributed by atoms with E-state index in [0.717, 1.165) is 32.7 Å². The molecule has 0 bridgehead atoms. The SMILES string of the molecule is CNC(Cc1ccnc(N)c1)C(C)(C)N1CCOCC1. The Labute approximate surface area is 121 Å². The summed E-state index contributed by atoms with van der Waals surface area (Å²) in [5.41, 5.74) is 7.06. The van der Waals surface area contributed by atoms with Gasteiger partial charge in [-0.25, -0.2) is 4.98 Å². The number of rotatable bonds is 5. The number of anilines is 1. The molecule has 0 radical (unpaired) electrons. The highest BCUT2D eigenvalue weighted by Crippen LogP contribution is 2.23. The number of hydrogen-bond donors (Lipinski definition) is 2. The molecule has 5 heteroatoms. The normalized spacial score (nSPS) is 18.9. The van der Waals surface area contributed by atoms with Gasteiger partial charge in [0.2, 0.25) is 0 Å². The summed E-state index contributed by atoms with van der Waals surface area (Å²) in [7, 11) is 2.03. The second-order valence-corrected chi connectivity index (χ2v) is 5.89. The van der Waals surface area contributed by atoms with Crippen molar-refractivity contribution in [3.63, 3.8) is 0 Å². The number of nitrogens with zero attached hydrogens (tertiary/aromatic N) is 2. The molecule has 112 valence electrons. The molecule has 0 aromatic carbocycles. The molecule has 20 heavy (non-hydrogen) atoms. The summed E-state index contributed by atoms with van der Waals surface area (Å²) < 4.78 is 5.46. The van der Waals surface area contributed by atoms with E-state index in [1.54, 1.807) is 6.20 Å². The number of nitrogens with one attached hydrogen (secondary N) is 1. The van der Waals surface area contributed by atoms with Crippen LogP contribution in [-0.2, 0) is 11.2 Å². The molecule has 1 aliphatic heterocycles. The van der Waals surface area contributed by atoms with Crippen LogP contribution < -0.4 is 11.1 Å². The van der Waals surface area contributed by atoms with Crippen molar-refractivity contribution in [1.29, 1.82) is 0 Å². The van der Waals surface area contributed by atoms with Gasteiger partial charge in [0.25, 0.3) is 0 Å². The number of aromatic nitrogens is 1. The van der Waals surface area contributed by atoms with E-state index in [-0.39, 0.29) is 5.54 Å². The van der Waals surface area contributed by atoms with E-state index in [4.69, 9.17) is 10.5 Å². The van der Waals surface area contributed by atoms with E-state index < -0.39 is 0 Å². The fourth-order valence-electron chi connectivity index (χ4n) is 2.92. The molecule has 2 heterocycles. The fraction of sp³-hybridized carbons (Fsp3) is 0.667. The Balaban J connectivity index is 2.09. The van der Waals surface area contributed by atoms with Crippen LogP contribution in [0.15, 0.2) is 18.3 Å². The first-order valence-electron chi connectivity index (χ1n) is 7.24. The van der Waals surface area contributed by atoms with Crippen LogP contribution in [0.5, 0.6) is 0 Å². The summed E-state index contributed by atoms with van der Waals surface area (Å²) in [6, 6.07) is 4.35. The minimum absolute atomic E-state index is 0.0660.